The van der Waals surface area contributed by atoms with Gasteiger partial charge in [0.05, 0.1) is 6.61 Å². The molecule has 0 unspecified atom stereocenters. The van der Waals surface area contributed by atoms with Crippen LogP contribution >= 0.6 is 11.8 Å². The Morgan fingerprint density at radius 3 is 2.73 bits per heavy atom. The van der Waals surface area contributed by atoms with E-state index in [1.807, 2.05) is 13.8 Å². The Balaban J connectivity index is 2.80. The molecule has 1 heterocycles. The Hall–Kier alpha value is -0.810. The molecule has 1 aromatic rings. The zero-order valence-electron chi connectivity index (χ0n) is 9.41. The van der Waals surface area contributed by atoms with Gasteiger partial charge in [-0.1, -0.05) is 6.92 Å². The van der Waals surface area contributed by atoms with Gasteiger partial charge in [-0.25, -0.2) is 9.97 Å². The van der Waals surface area contributed by atoms with E-state index in [9.17, 15) is 0 Å². The maximum Gasteiger partial charge on any atom is 0.131 e. The Bertz CT molecular complexity index is 331. The molecule has 84 valence electrons. The molecule has 0 bridgehead atoms. The van der Waals surface area contributed by atoms with E-state index in [4.69, 9.17) is 10.5 Å². The SMILES string of the molecule is CCc1nc(N)c(C)c(SCCOC)n1. The van der Waals surface area contributed by atoms with Gasteiger partial charge in [0, 0.05) is 24.8 Å². The second-order valence-electron chi connectivity index (χ2n) is 3.15. The summed E-state index contributed by atoms with van der Waals surface area (Å²) in [6.07, 6.45) is 0.808. The number of nitrogen functional groups attached to an aromatic ring is 1. The zero-order valence-corrected chi connectivity index (χ0v) is 10.2. The highest BCUT2D eigenvalue weighted by molar-refractivity contribution is 7.99. The topological polar surface area (TPSA) is 61.0 Å². The summed E-state index contributed by atoms with van der Waals surface area (Å²) in [6, 6.07) is 0. The molecule has 0 aliphatic heterocycles. The van der Waals surface area contributed by atoms with Gasteiger partial charge in [-0.05, 0) is 6.92 Å². The standard InChI is InChI=1S/C10H17N3OS/c1-4-8-12-9(11)7(2)10(13-8)15-6-5-14-3/h4-6H2,1-3H3,(H2,11,12,13). The first-order valence-corrected chi connectivity index (χ1v) is 5.92. The highest BCUT2D eigenvalue weighted by Crippen LogP contribution is 2.23. The fourth-order valence-electron chi connectivity index (χ4n) is 1.08. The molecule has 2 N–H and O–H groups in total. The number of nitrogens with two attached hydrogens (primary N) is 1. The highest BCUT2D eigenvalue weighted by atomic mass is 32.2. The van der Waals surface area contributed by atoms with Crippen LogP contribution < -0.4 is 5.73 Å². The maximum atomic E-state index is 5.81. The van der Waals surface area contributed by atoms with E-state index in [1.165, 1.54) is 0 Å². The largest absolute Gasteiger partial charge is 0.384 e. The molecule has 0 fully saturated rings. The average Bonchev–Trinajstić information content (AvgIpc) is 2.24. The molecule has 1 rings (SSSR count). The molecule has 0 saturated heterocycles. The lowest BCUT2D eigenvalue weighted by Gasteiger charge is -2.08. The van der Waals surface area contributed by atoms with Crippen LogP contribution in [0.5, 0.6) is 0 Å². The lowest BCUT2D eigenvalue weighted by Crippen LogP contribution is -2.04. The Morgan fingerprint density at radius 2 is 2.13 bits per heavy atom. The monoisotopic (exact) mass is 227 g/mol. The van der Waals surface area contributed by atoms with E-state index in [0.29, 0.717) is 5.82 Å². The smallest absolute Gasteiger partial charge is 0.131 e. The van der Waals surface area contributed by atoms with Crippen molar-refractivity contribution in [3.63, 3.8) is 0 Å². The van der Waals surface area contributed by atoms with Crippen LogP contribution in [0.2, 0.25) is 0 Å². The second kappa shape index (κ2) is 5.92. The third-order valence-electron chi connectivity index (χ3n) is 2.03. The second-order valence-corrected chi connectivity index (χ2v) is 4.23. The van der Waals surface area contributed by atoms with Crippen molar-refractivity contribution in [2.24, 2.45) is 0 Å². The molecule has 1 aromatic heterocycles. The van der Waals surface area contributed by atoms with Crippen molar-refractivity contribution in [3.8, 4) is 0 Å². The summed E-state index contributed by atoms with van der Waals surface area (Å²) in [4.78, 5) is 8.64. The molecule has 0 aliphatic rings. The minimum absolute atomic E-state index is 0.585. The number of aromatic nitrogens is 2. The van der Waals surface area contributed by atoms with Gasteiger partial charge in [-0.3, -0.25) is 0 Å². The van der Waals surface area contributed by atoms with Crippen LogP contribution in [0.25, 0.3) is 0 Å². The van der Waals surface area contributed by atoms with Crippen molar-refractivity contribution in [2.75, 3.05) is 25.2 Å². The predicted molar refractivity (Wildman–Crippen MR) is 63.2 cm³/mol. The summed E-state index contributed by atoms with van der Waals surface area (Å²) < 4.78 is 4.99. The highest BCUT2D eigenvalue weighted by Gasteiger charge is 2.07. The molecule has 0 atom stereocenters. The van der Waals surface area contributed by atoms with Gasteiger partial charge in [0.15, 0.2) is 0 Å². The van der Waals surface area contributed by atoms with Gasteiger partial charge in [0.1, 0.15) is 16.7 Å². The summed E-state index contributed by atoms with van der Waals surface area (Å²) in [7, 11) is 1.69. The summed E-state index contributed by atoms with van der Waals surface area (Å²) in [5.41, 5.74) is 6.77. The minimum atomic E-state index is 0.585. The Morgan fingerprint density at radius 1 is 1.40 bits per heavy atom. The van der Waals surface area contributed by atoms with E-state index >= 15 is 0 Å². The molecule has 0 spiro atoms. The number of anilines is 1. The van der Waals surface area contributed by atoms with Crippen LogP contribution in [-0.4, -0.2) is 29.4 Å². The molecule has 0 amide bonds. The van der Waals surface area contributed by atoms with E-state index in [0.717, 1.165) is 35.2 Å². The van der Waals surface area contributed by atoms with Crippen molar-refractivity contribution in [1.29, 1.82) is 0 Å². The first kappa shape index (κ1) is 12.3. The van der Waals surface area contributed by atoms with E-state index in [-0.39, 0.29) is 0 Å². The van der Waals surface area contributed by atoms with Crippen molar-refractivity contribution >= 4 is 17.6 Å². The predicted octanol–water partition coefficient (Wildman–Crippen LogP) is 1.67. The lowest BCUT2D eigenvalue weighted by molar-refractivity contribution is 0.218. The van der Waals surface area contributed by atoms with Gasteiger partial charge in [-0.2, -0.15) is 0 Å². The molecule has 0 aliphatic carbocycles. The van der Waals surface area contributed by atoms with Crippen LogP contribution in [0.1, 0.15) is 18.3 Å². The first-order valence-electron chi connectivity index (χ1n) is 4.93. The van der Waals surface area contributed by atoms with Gasteiger partial charge >= 0.3 is 0 Å². The third kappa shape index (κ3) is 3.35. The molecule has 0 radical (unpaired) electrons. The fraction of sp³-hybridized carbons (Fsp3) is 0.600. The third-order valence-corrected chi connectivity index (χ3v) is 3.07. The first-order chi connectivity index (χ1) is 7.19. The van der Waals surface area contributed by atoms with Gasteiger partial charge in [-0.15, -0.1) is 11.8 Å². The van der Waals surface area contributed by atoms with Crippen LogP contribution in [0.3, 0.4) is 0 Å². The Kier molecular flexibility index (Phi) is 4.84. The normalized spacial score (nSPS) is 10.6. The van der Waals surface area contributed by atoms with Gasteiger partial charge < -0.3 is 10.5 Å². The quantitative estimate of drug-likeness (QED) is 0.471. The summed E-state index contributed by atoms with van der Waals surface area (Å²) in [5.74, 6) is 2.27. The number of thioether (sulfide) groups is 1. The molecular formula is C10H17N3OS. The van der Waals surface area contributed by atoms with Crippen molar-refractivity contribution in [1.82, 2.24) is 9.97 Å². The molecule has 0 aromatic carbocycles. The number of nitrogens with zero attached hydrogens (tertiary/aromatic N) is 2. The van der Waals surface area contributed by atoms with Crippen molar-refractivity contribution < 1.29 is 4.74 Å². The number of hydrogen-bond donors (Lipinski definition) is 1. The van der Waals surface area contributed by atoms with Crippen LogP contribution in [0.4, 0.5) is 5.82 Å². The molecule has 4 nitrogen and oxygen atoms in total. The van der Waals surface area contributed by atoms with E-state index < -0.39 is 0 Å². The number of hydrogen-bond acceptors (Lipinski definition) is 5. The summed E-state index contributed by atoms with van der Waals surface area (Å²) in [5, 5.41) is 0.969. The van der Waals surface area contributed by atoms with Gasteiger partial charge in [0.2, 0.25) is 0 Å². The number of rotatable bonds is 5. The molecular weight excluding hydrogens is 210 g/mol. The lowest BCUT2D eigenvalue weighted by atomic mass is 10.3. The molecule has 5 heteroatoms. The molecule has 0 saturated carbocycles. The van der Waals surface area contributed by atoms with Gasteiger partial charge in [0.25, 0.3) is 0 Å². The summed E-state index contributed by atoms with van der Waals surface area (Å²) in [6.45, 7) is 4.69. The fourth-order valence-corrected chi connectivity index (χ4v) is 2.01. The molecule has 15 heavy (non-hydrogen) atoms. The summed E-state index contributed by atoms with van der Waals surface area (Å²) >= 11 is 1.66. The number of ether oxygens (including phenoxy) is 1. The zero-order chi connectivity index (χ0) is 11.3. The average molecular weight is 227 g/mol. The van der Waals surface area contributed by atoms with Crippen LogP contribution in [0.15, 0.2) is 5.03 Å². The van der Waals surface area contributed by atoms with Crippen molar-refractivity contribution in [2.45, 2.75) is 25.3 Å². The van der Waals surface area contributed by atoms with E-state index in [2.05, 4.69) is 9.97 Å². The Labute approximate surface area is 94.6 Å². The van der Waals surface area contributed by atoms with Crippen LogP contribution in [-0.2, 0) is 11.2 Å². The van der Waals surface area contributed by atoms with E-state index in [1.54, 1.807) is 18.9 Å². The van der Waals surface area contributed by atoms with Crippen LogP contribution in [0, 0.1) is 6.92 Å². The van der Waals surface area contributed by atoms with Crippen molar-refractivity contribution in [3.05, 3.63) is 11.4 Å². The number of methoxy groups -OCH3 is 1. The minimum Gasteiger partial charge on any atom is -0.384 e. The number of aryl methyl sites for hydroxylation is 1. The maximum absolute atomic E-state index is 5.81.